The van der Waals surface area contributed by atoms with Crippen LogP contribution < -0.4 is 11.1 Å². The van der Waals surface area contributed by atoms with E-state index in [1.54, 1.807) is 0 Å². The standard InChI is InChI=1S/C5H16N2Si/c1-3-5(6)7-4(2)8/h4-5,7H,3,6H2,1-2,8H3. The quantitative estimate of drug-likeness (QED) is 0.381. The predicted octanol–water partition coefficient (Wildman–Crippen LogP) is -1.02. The van der Waals surface area contributed by atoms with Crippen molar-refractivity contribution in [2.24, 2.45) is 5.73 Å². The minimum Gasteiger partial charge on any atom is -0.316 e. The molecular formula is C5H16N2Si. The Bertz CT molecular complexity index is 56.4. The molecule has 0 rings (SSSR count). The van der Waals surface area contributed by atoms with Crippen LogP contribution in [0.2, 0.25) is 0 Å². The fraction of sp³-hybridized carbons (Fsp3) is 1.00. The van der Waals surface area contributed by atoms with Crippen molar-refractivity contribution in [2.75, 3.05) is 0 Å². The molecule has 2 nitrogen and oxygen atoms in total. The van der Waals surface area contributed by atoms with E-state index in [1.165, 1.54) is 10.2 Å². The summed E-state index contributed by atoms with van der Waals surface area (Å²) in [6.45, 7) is 4.24. The molecule has 0 aromatic heterocycles. The summed E-state index contributed by atoms with van der Waals surface area (Å²) >= 11 is 0. The summed E-state index contributed by atoms with van der Waals surface area (Å²) in [4.78, 5) is 0. The third-order valence-electron chi connectivity index (χ3n) is 0.987. The van der Waals surface area contributed by atoms with Gasteiger partial charge in [-0.1, -0.05) is 13.8 Å². The molecule has 50 valence electrons. The van der Waals surface area contributed by atoms with Gasteiger partial charge in [-0.05, 0) is 12.1 Å². The molecule has 0 heterocycles. The first-order valence-electron chi connectivity index (χ1n) is 3.18. The van der Waals surface area contributed by atoms with Crippen LogP contribution >= 0.6 is 0 Å². The first-order chi connectivity index (χ1) is 3.66. The Balaban J connectivity index is 3.10. The predicted molar refractivity (Wildman–Crippen MR) is 40.8 cm³/mol. The fourth-order valence-electron chi connectivity index (χ4n) is 0.546. The van der Waals surface area contributed by atoms with Crippen LogP contribution in [0, 0.1) is 0 Å². The van der Waals surface area contributed by atoms with E-state index in [-0.39, 0.29) is 6.17 Å². The maximum atomic E-state index is 5.59. The zero-order valence-corrected chi connectivity index (χ0v) is 7.94. The van der Waals surface area contributed by atoms with Gasteiger partial charge in [0.2, 0.25) is 0 Å². The molecule has 0 aromatic rings. The summed E-state index contributed by atoms with van der Waals surface area (Å²) < 4.78 is 0. The van der Waals surface area contributed by atoms with Crippen LogP contribution in [0.1, 0.15) is 20.3 Å². The number of hydrogen-bond donors (Lipinski definition) is 2. The van der Waals surface area contributed by atoms with E-state index in [0.29, 0.717) is 5.67 Å². The largest absolute Gasteiger partial charge is 0.316 e. The van der Waals surface area contributed by atoms with E-state index in [1.807, 2.05) is 0 Å². The summed E-state index contributed by atoms with van der Waals surface area (Å²) in [7, 11) is 1.18. The molecule has 0 bridgehead atoms. The minimum atomic E-state index is 0.211. The normalized spacial score (nSPS) is 18.4. The van der Waals surface area contributed by atoms with Crippen molar-refractivity contribution in [3.05, 3.63) is 0 Å². The van der Waals surface area contributed by atoms with Crippen LogP contribution in [0.3, 0.4) is 0 Å². The van der Waals surface area contributed by atoms with Gasteiger partial charge in [0.25, 0.3) is 0 Å². The monoisotopic (exact) mass is 132 g/mol. The van der Waals surface area contributed by atoms with E-state index in [9.17, 15) is 0 Å². The van der Waals surface area contributed by atoms with Crippen molar-refractivity contribution in [3.63, 3.8) is 0 Å². The third-order valence-corrected chi connectivity index (χ3v) is 1.32. The number of hydrogen-bond acceptors (Lipinski definition) is 2. The molecule has 3 heteroatoms. The molecule has 0 fully saturated rings. The van der Waals surface area contributed by atoms with Gasteiger partial charge in [-0.25, -0.2) is 0 Å². The lowest BCUT2D eigenvalue weighted by molar-refractivity contribution is 0.508. The second-order valence-corrected chi connectivity index (χ2v) is 4.07. The van der Waals surface area contributed by atoms with Crippen molar-refractivity contribution in [1.29, 1.82) is 0 Å². The summed E-state index contributed by atoms with van der Waals surface area (Å²) in [5, 5.41) is 3.23. The molecule has 0 aliphatic carbocycles. The first kappa shape index (κ1) is 8.14. The zero-order chi connectivity index (χ0) is 6.57. The van der Waals surface area contributed by atoms with Crippen molar-refractivity contribution < 1.29 is 0 Å². The molecule has 0 amide bonds. The molecular weight excluding hydrogens is 116 g/mol. The molecule has 0 aromatic carbocycles. The Morgan fingerprint density at radius 3 is 2.38 bits per heavy atom. The van der Waals surface area contributed by atoms with E-state index >= 15 is 0 Å². The van der Waals surface area contributed by atoms with Crippen LogP contribution in [0.25, 0.3) is 0 Å². The zero-order valence-electron chi connectivity index (χ0n) is 5.94. The highest BCUT2D eigenvalue weighted by atomic mass is 28.1. The number of nitrogens with two attached hydrogens (primary N) is 1. The number of nitrogens with one attached hydrogen (secondary N) is 1. The van der Waals surface area contributed by atoms with E-state index in [0.717, 1.165) is 6.42 Å². The molecule has 0 saturated heterocycles. The van der Waals surface area contributed by atoms with E-state index in [2.05, 4.69) is 19.2 Å². The van der Waals surface area contributed by atoms with Gasteiger partial charge in [-0.2, -0.15) is 0 Å². The van der Waals surface area contributed by atoms with Crippen molar-refractivity contribution in [2.45, 2.75) is 32.1 Å². The van der Waals surface area contributed by atoms with Crippen LogP contribution in [-0.2, 0) is 0 Å². The smallest absolute Gasteiger partial charge is 0.0543 e. The number of rotatable bonds is 3. The van der Waals surface area contributed by atoms with Gasteiger partial charge in [0, 0.05) is 10.2 Å². The second kappa shape index (κ2) is 4.06. The SMILES string of the molecule is CCC(N)NC(C)[SiH3]. The molecule has 0 aliphatic rings. The Hall–Kier alpha value is 0.137. The lowest BCUT2D eigenvalue weighted by atomic mass is 10.4. The summed E-state index contributed by atoms with van der Waals surface area (Å²) in [5.41, 5.74) is 6.23. The minimum absolute atomic E-state index is 0.211. The van der Waals surface area contributed by atoms with Gasteiger partial charge in [-0.15, -0.1) is 0 Å². The van der Waals surface area contributed by atoms with Crippen molar-refractivity contribution in [3.8, 4) is 0 Å². The lowest BCUT2D eigenvalue weighted by Crippen LogP contribution is -2.42. The first-order valence-corrected chi connectivity index (χ1v) is 4.34. The van der Waals surface area contributed by atoms with Gasteiger partial charge in [-0.3, -0.25) is 0 Å². The third kappa shape index (κ3) is 4.30. The Labute approximate surface area is 54.3 Å². The Morgan fingerprint density at radius 1 is 1.75 bits per heavy atom. The van der Waals surface area contributed by atoms with Gasteiger partial charge in [0.05, 0.1) is 6.17 Å². The van der Waals surface area contributed by atoms with Crippen molar-refractivity contribution >= 4 is 10.2 Å². The molecule has 3 N–H and O–H groups in total. The topological polar surface area (TPSA) is 38.0 Å². The van der Waals surface area contributed by atoms with Crippen molar-refractivity contribution in [1.82, 2.24) is 5.32 Å². The van der Waals surface area contributed by atoms with Crippen LogP contribution in [0.5, 0.6) is 0 Å². The molecule has 2 unspecified atom stereocenters. The maximum absolute atomic E-state index is 5.59. The second-order valence-electron chi connectivity index (χ2n) is 2.34. The Kier molecular flexibility index (Phi) is 4.13. The molecule has 2 atom stereocenters. The molecule has 8 heavy (non-hydrogen) atoms. The van der Waals surface area contributed by atoms with Crippen LogP contribution in [0.4, 0.5) is 0 Å². The fourth-order valence-corrected chi connectivity index (χ4v) is 0.974. The van der Waals surface area contributed by atoms with E-state index < -0.39 is 0 Å². The Morgan fingerprint density at radius 2 is 2.25 bits per heavy atom. The molecule has 0 aliphatic heterocycles. The highest BCUT2D eigenvalue weighted by Crippen LogP contribution is 1.80. The molecule has 0 radical (unpaired) electrons. The van der Waals surface area contributed by atoms with Gasteiger partial charge in [0.15, 0.2) is 0 Å². The summed E-state index contributed by atoms with van der Waals surface area (Å²) in [5.74, 6) is 0. The highest BCUT2D eigenvalue weighted by molar-refractivity contribution is 6.11. The maximum Gasteiger partial charge on any atom is 0.0543 e. The van der Waals surface area contributed by atoms with Crippen LogP contribution in [-0.4, -0.2) is 22.1 Å². The van der Waals surface area contributed by atoms with E-state index in [4.69, 9.17) is 5.73 Å². The van der Waals surface area contributed by atoms with Gasteiger partial charge >= 0.3 is 0 Å². The molecule has 0 saturated carbocycles. The summed E-state index contributed by atoms with van der Waals surface area (Å²) in [6.07, 6.45) is 1.23. The average Bonchev–Trinajstić information content (AvgIpc) is 1.65. The summed E-state index contributed by atoms with van der Waals surface area (Å²) in [6, 6.07) is 0. The van der Waals surface area contributed by atoms with Gasteiger partial charge in [0.1, 0.15) is 0 Å². The molecule has 0 spiro atoms. The average molecular weight is 132 g/mol. The van der Waals surface area contributed by atoms with Crippen LogP contribution in [0.15, 0.2) is 0 Å². The lowest BCUT2D eigenvalue weighted by Gasteiger charge is -2.13. The van der Waals surface area contributed by atoms with Gasteiger partial charge < -0.3 is 11.1 Å². The highest BCUT2D eigenvalue weighted by Gasteiger charge is 1.97.